The second kappa shape index (κ2) is 10.4. The molecule has 0 aliphatic heterocycles. The smallest absolute Gasteiger partial charge is 0.0173 e. The molecule has 0 aromatic carbocycles. The molecule has 0 aliphatic carbocycles. The Balaban J connectivity index is 3.00. The zero-order valence-electron chi connectivity index (χ0n) is 8.61. The highest BCUT2D eigenvalue weighted by Crippen LogP contribution is 2.01. The van der Waals surface area contributed by atoms with Crippen molar-refractivity contribution >= 4 is 23.4 Å². The van der Waals surface area contributed by atoms with Crippen LogP contribution in [0.25, 0.3) is 0 Å². The van der Waals surface area contributed by atoms with Crippen LogP contribution in [-0.4, -0.2) is 25.1 Å². The zero-order valence-corrected chi connectivity index (χ0v) is 10.2. The van der Waals surface area contributed by atoms with E-state index in [1.807, 2.05) is 18.7 Å². The highest BCUT2D eigenvalue weighted by atomic mass is 35.5. The van der Waals surface area contributed by atoms with Crippen LogP contribution in [0.15, 0.2) is 11.1 Å². The van der Waals surface area contributed by atoms with Gasteiger partial charge in [0, 0.05) is 12.1 Å². The van der Waals surface area contributed by atoms with Crippen molar-refractivity contribution in [1.82, 2.24) is 5.32 Å². The van der Waals surface area contributed by atoms with Crippen molar-refractivity contribution in [3.05, 3.63) is 11.1 Å². The van der Waals surface area contributed by atoms with E-state index >= 15 is 0 Å². The van der Waals surface area contributed by atoms with E-state index in [-0.39, 0.29) is 0 Å². The Labute approximate surface area is 91.3 Å². The summed E-state index contributed by atoms with van der Waals surface area (Å²) >= 11 is 7.46. The average Bonchev–Trinajstić information content (AvgIpc) is 2.16. The predicted octanol–water partition coefficient (Wildman–Crippen LogP) is 3.25. The Bertz CT molecular complexity index is 137. The minimum atomic E-state index is 0.923. The number of unbranched alkanes of at least 4 members (excludes halogenated alkanes) is 2. The lowest BCUT2D eigenvalue weighted by Gasteiger charge is -2.03. The molecule has 0 heterocycles. The lowest BCUT2D eigenvalue weighted by atomic mass is 10.2. The van der Waals surface area contributed by atoms with Gasteiger partial charge in [0.15, 0.2) is 0 Å². The van der Waals surface area contributed by atoms with Gasteiger partial charge < -0.3 is 5.32 Å². The molecule has 78 valence electrons. The van der Waals surface area contributed by atoms with Gasteiger partial charge in [-0.1, -0.05) is 18.0 Å². The number of halogens is 1. The van der Waals surface area contributed by atoms with Gasteiger partial charge in [0.25, 0.3) is 0 Å². The van der Waals surface area contributed by atoms with E-state index in [9.17, 15) is 0 Å². The SMILES string of the molecule is CSCCCCCNCC(C)=CCl. The molecule has 3 heteroatoms. The second-order valence-corrected chi connectivity index (χ2v) is 4.39. The summed E-state index contributed by atoms with van der Waals surface area (Å²) in [5.74, 6) is 1.29. The van der Waals surface area contributed by atoms with E-state index in [1.165, 1.54) is 30.6 Å². The van der Waals surface area contributed by atoms with Crippen molar-refractivity contribution in [3.63, 3.8) is 0 Å². The van der Waals surface area contributed by atoms with Crippen molar-refractivity contribution < 1.29 is 0 Å². The van der Waals surface area contributed by atoms with Crippen molar-refractivity contribution in [2.75, 3.05) is 25.1 Å². The Morgan fingerprint density at radius 3 is 2.77 bits per heavy atom. The van der Waals surface area contributed by atoms with Crippen LogP contribution >= 0.6 is 23.4 Å². The van der Waals surface area contributed by atoms with Gasteiger partial charge in [-0.05, 0) is 43.9 Å². The predicted molar refractivity (Wildman–Crippen MR) is 64.7 cm³/mol. The molecular formula is C10H20ClNS. The number of rotatable bonds is 8. The molecule has 0 aliphatic rings. The molecule has 0 fully saturated rings. The van der Waals surface area contributed by atoms with Crippen molar-refractivity contribution in [2.45, 2.75) is 26.2 Å². The van der Waals surface area contributed by atoms with Crippen LogP contribution in [0.1, 0.15) is 26.2 Å². The summed E-state index contributed by atoms with van der Waals surface area (Å²) < 4.78 is 0. The van der Waals surface area contributed by atoms with Gasteiger partial charge in [-0.15, -0.1) is 0 Å². The van der Waals surface area contributed by atoms with Crippen LogP contribution in [0.3, 0.4) is 0 Å². The van der Waals surface area contributed by atoms with Crippen molar-refractivity contribution in [1.29, 1.82) is 0 Å². The molecule has 0 spiro atoms. The second-order valence-electron chi connectivity index (χ2n) is 3.19. The number of hydrogen-bond donors (Lipinski definition) is 1. The highest BCUT2D eigenvalue weighted by Gasteiger charge is 1.90. The fourth-order valence-corrected chi connectivity index (χ4v) is 1.57. The molecule has 0 saturated carbocycles. The molecule has 0 unspecified atom stereocenters. The number of hydrogen-bond acceptors (Lipinski definition) is 2. The molecule has 13 heavy (non-hydrogen) atoms. The van der Waals surface area contributed by atoms with Crippen LogP contribution in [0.5, 0.6) is 0 Å². The molecule has 0 rings (SSSR count). The average molecular weight is 222 g/mol. The first-order chi connectivity index (χ1) is 6.31. The number of thioether (sulfide) groups is 1. The lowest BCUT2D eigenvalue weighted by Crippen LogP contribution is -2.17. The summed E-state index contributed by atoms with van der Waals surface area (Å²) in [5.41, 5.74) is 2.84. The van der Waals surface area contributed by atoms with Crippen LogP contribution in [0, 0.1) is 0 Å². The third-order valence-corrected chi connectivity index (χ3v) is 2.86. The van der Waals surface area contributed by atoms with Gasteiger partial charge in [-0.2, -0.15) is 11.8 Å². The van der Waals surface area contributed by atoms with Gasteiger partial charge >= 0.3 is 0 Å². The van der Waals surface area contributed by atoms with E-state index < -0.39 is 0 Å². The summed E-state index contributed by atoms with van der Waals surface area (Å²) in [5, 5.41) is 3.35. The van der Waals surface area contributed by atoms with Crippen LogP contribution < -0.4 is 5.32 Å². The maximum atomic E-state index is 5.53. The van der Waals surface area contributed by atoms with Gasteiger partial charge in [0.2, 0.25) is 0 Å². The zero-order chi connectivity index (χ0) is 9.94. The summed E-state index contributed by atoms with van der Waals surface area (Å²) in [6, 6.07) is 0. The Kier molecular flexibility index (Phi) is 10.7. The van der Waals surface area contributed by atoms with Gasteiger partial charge in [-0.25, -0.2) is 0 Å². The first-order valence-electron chi connectivity index (χ1n) is 4.76. The first kappa shape index (κ1) is 13.3. The largest absolute Gasteiger partial charge is 0.313 e. The molecule has 0 aromatic heterocycles. The first-order valence-corrected chi connectivity index (χ1v) is 6.59. The molecule has 0 saturated heterocycles. The van der Waals surface area contributed by atoms with Gasteiger partial charge in [-0.3, -0.25) is 0 Å². The highest BCUT2D eigenvalue weighted by molar-refractivity contribution is 7.98. The van der Waals surface area contributed by atoms with E-state index in [0.717, 1.165) is 13.1 Å². The fraction of sp³-hybridized carbons (Fsp3) is 0.800. The minimum absolute atomic E-state index is 0.923. The molecule has 1 nitrogen and oxygen atoms in total. The third-order valence-electron chi connectivity index (χ3n) is 1.79. The molecular weight excluding hydrogens is 202 g/mol. The molecule has 1 N–H and O–H groups in total. The number of nitrogens with one attached hydrogen (secondary N) is 1. The molecule has 0 bridgehead atoms. The molecule has 0 aromatic rings. The van der Waals surface area contributed by atoms with Gasteiger partial charge in [0.1, 0.15) is 0 Å². The normalized spacial score (nSPS) is 12.1. The monoisotopic (exact) mass is 221 g/mol. The summed E-state index contributed by atoms with van der Waals surface area (Å²) in [4.78, 5) is 0. The van der Waals surface area contributed by atoms with Crippen molar-refractivity contribution in [2.24, 2.45) is 0 Å². The van der Waals surface area contributed by atoms with E-state index in [0.29, 0.717) is 0 Å². The fourth-order valence-electron chi connectivity index (χ4n) is 0.997. The van der Waals surface area contributed by atoms with Crippen LogP contribution in [0.2, 0.25) is 0 Å². The molecule has 0 atom stereocenters. The standard InChI is InChI=1S/C10H20ClNS/c1-10(8-11)9-12-6-4-3-5-7-13-2/h8,12H,3-7,9H2,1-2H3. The molecule has 0 radical (unpaired) electrons. The third kappa shape index (κ3) is 10.3. The quantitative estimate of drug-likeness (QED) is 0.632. The van der Waals surface area contributed by atoms with E-state index in [4.69, 9.17) is 11.6 Å². The Morgan fingerprint density at radius 2 is 2.15 bits per heavy atom. The lowest BCUT2D eigenvalue weighted by molar-refractivity contribution is 0.642. The van der Waals surface area contributed by atoms with Crippen LogP contribution in [0.4, 0.5) is 0 Å². The maximum Gasteiger partial charge on any atom is 0.0173 e. The maximum absolute atomic E-state index is 5.53. The topological polar surface area (TPSA) is 12.0 Å². The van der Waals surface area contributed by atoms with Gasteiger partial charge in [0.05, 0.1) is 0 Å². The van der Waals surface area contributed by atoms with Crippen LogP contribution in [-0.2, 0) is 0 Å². The summed E-state index contributed by atoms with van der Waals surface area (Å²) in [7, 11) is 0. The summed E-state index contributed by atoms with van der Waals surface area (Å²) in [6.45, 7) is 4.07. The Morgan fingerprint density at radius 1 is 1.38 bits per heavy atom. The van der Waals surface area contributed by atoms with E-state index in [1.54, 1.807) is 5.54 Å². The van der Waals surface area contributed by atoms with E-state index in [2.05, 4.69) is 11.6 Å². The van der Waals surface area contributed by atoms with Crippen molar-refractivity contribution in [3.8, 4) is 0 Å². The summed E-state index contributed by atoms with van der Waals surface area (Å²) in [6.07, 6.45) is 6.10. The molecule has 0 amide bonds. The Hall–Kier alpha value is 0.340. The minimum Gasteiger partial charge on any atom is -0.313 e.